The predicted molar refractivity (Wildman–Crippen MR) is 187 cm³/mol. The third-order valence-electron chi connectivity index (χ3n) is 9.75. The van der Waals surface area contributed by atoms with E-state index < -0.39 is 0 Å². The first kappa shape index (κ1) is 23.9. The summed E-state index contributed by atoms with van der Waals surface area (Å²) in [5.41, 5.74) is 9.00. The molecule has 10 rings (SSSR count). The molecule has 0 radical (unpaired) electrons. The molecule has 0 amide bonds. The van der Waals surface area contributed by atoms with E-state index in [0.717, 1.165) is 12.8 Å². The lowest BCUT2D eigenvalue weighted by Gasteiger charge is -2.16. The zero-order chi connectivity index (χ0) is 28.8. The van der Waals surface area contributed by atoms with Crippen molar-refractivity contribution in [3.8, 4) is 11.4 Å². The van der Waals surface area contributed by atoms with Crippen LogP contribution in [-0.2, 0) is 6.42 Å². The second-order valence-corrected chi connectivity index (χ2v) is 12.0. The predicted octanol–water partition coefficient (Wildman–Crippen LogP) is 11.1. The molecule has 0 fully saturated rings. The molecule has 0 atom stereocenters. The first-order chi connectivity index (χ1) is 21.8. The molecular weight excluding hydrogens is 532 g/mol. The van der Waals surface area contributed by atoms with E-state index in [1.807, 2.05) is 0 Å². The fourth-order valence-electron chi connectivity index (χ4n) is 7.85. The van der Waals surface area contributed by atoms with Gasteiger partial charge < -0.3 is 9.13 Å². The van der Waals surface area contributed by atoms with Gasteiger partial charge in [-0.15, -0.1) is 0 Å². The fraction of sp³-hybridized carbons (Fsp3) is 0.0476. The number of hydrogen-bond acceptors (Lipinski definition) is 0. The molecule has 206 valence electrons. The Bertz CT molecular complexity index is 2610. The van der Waals surface area contributed by atoms with Crippen LogP contribution in [0.15, 0.2) is 140 Å². The highest BCUT2D eigenvalue weighted by molar-refractivity contribution is 6.16. The van der Waals surface area contributed by atoms with Gasteiger partial charge in [0.15, 0.2) is 0 Å². The number of hydrogen-bond donors (Lipinski definition) is 0. The summed E-state index contributed by atoms with van der Waals surface area (Å²) in [5.74, 6) is 0. The molecule has 0 unspecified atom stereocenters. The van der Waals surface area contributed by atoms with Crippen LogP contribution in [0.3, 0.4) is 0 Å². The van der Waals surface area contributed by atoms with Gasteiger partial charge in [0, 0.05) is 32.6 Å². The minimum absolute atomic E-state index is 1.09. The summed E-state index contributed by atoms with van der Waals surface area (Å²) in [4.78, 5) is 0. The van der Waals surface area contributed by atoms with Crippen LogP contribution in [0.1, 0.15) is 17.7 Å². The van der Waals surface area contributed by atoms with Gasteiger partial charge in [-0.3, -0.25) is 0 Å². The van der Waals surface area contributed by atoms with Gasteiger partial charge in [-0.2, -0.15) is 0 Å². The Morgan fingerprint density at radius 2 is 1.00 bits per heavy atom. The topological polar surface area (TPSA) is 9.86 Å². The molecule has 2 nitrogen and oxygen atoms in total. The van der Waals surface area contributed by atoms with Crippen molar-refractivity contribution >= 4 is 71.1 Å². The number of fused-ring (bicyclic) bond motifs is 10. The van der Waals surface area contributed by atoms with E-state index in [4.69, 9.17) is 0 Å². The molecule has 1 aliphatic rings. The lowest BCUT2D eigenvalue weighted by molar-refractivity contribution is 0.970. The first-order valence-corrected chi connectivity index (χ1v) is 15.5. The fourth-order valence-corrected chi connectivity index (χ4v) is 7.85. The molecular formula is C42H28N2. The van der Waals surface area contributed by atoms with Gasteiger partial charge in [-0.25, -0.2) is 0 Å². The van der Waals surface area contributed by atoms with Gasteiger partial charge in [0.05, 0.1) is 27.9 Å². The largest absolute Gasteiger partial charge is 0.309 e. The van der Waals surface area contributed by atoms with Crippen molar-refractivity contribution in [2.75, 3.05) is 0 Å². The van der Waals surface area contributed by atoms with Crippen LogP contribution >= 0.6 is 0 Å². The van der Waals surface area contributed by atoms with Gasteiger partial charge in [0.2, 0.25) is 0 Å². The lowest BCUT2D eigenvalue weighted by atomic mass is 9.96. The van der Waals surface area contributed by atoms with Gasteiger partial charge in [-0.1, -0.05) is 97.1 Å². The highest BCUT2D eigenvalue weighted by Crippen LogP contribution is 2.40. The maximum Gasteiger partial charge on any atom is 0.0541 e. The minimum atomic E-state index is 1.09. The number of rotatable bonds is 2. The third-order valence-corrected chi connectivity index (χ3v) is 9.75. The second-order valence-electron chi connectivity index (χ2n) is 12.0. The summed E-state index contributed by atoms with van der Waals surface area (Å²) >= 11 is 0. The van der Waals surface area contributed by atoms with Crippen LogP contribution in [0, 0.1) is 0 Å². The monoisotopic (exact) mass is 560 g/mol. The summed E-state index contributed by atoms with van der Waals surface area (Å²) in [5, 5.41) is 11.6. The van der Waals surface area contributed by atoms with E-state index >= 15 is 0 Å². The van der Waals surface area contributed by atoms with E-state index in [1.54, 1.807) is 0 Å². The molecule has 44 heavy (non-hydrogen) atoms. The average molecular weight is 561 g/mol. The summed E-state index contributed by atoms with van der Waals surface area (Å²) in [6.07, 6.45) is 6.83. The van der Waals surface area contributed by atoms with Crippen molar-refractivity contribution in [1.29, 1.82) is 0 Å². The molecule has 9 aromatic rings. The Morgan fingerprint density at radius 1 is 0.409 bits per heavy atom. The Hall–Kier alpha value is -5.60. The van der Waals surface area contributed by atoms with Crippen LogP contribution in [0.4, 0.5) is 0 Å². The molecule has 0 N–H and O–H groups in total. The van der Waals surface area contributed by atoms with E-state index in [2.05, 4.69) is 155 Å². The van der Waals surface area contributed by atoms with Crippen LogP contribution in [0.5, 0.6) is 0 Å². The van der Waals surface area contributed by atoms with Crippen molar-refractivity contribution < 1.29 is 0 Å². The molecule has 0 saturated carbocycles. The van der Waals surface area contributed by atoms with Crippen molar-refractivity contribution in [3.05, 3.63) is 151 Å². The molecule has 2 heterocycles. The van der Waals surface area contributed by atoms with Crippen molar-refractivity contribution in [2.45, 2.75) is 12.8 Å². The summed E-state index contributed by atoms with van der Waals surface area (Å²) in [7, 11) is 0. The van der Waals surface area contributed by atoms with E-state index in [9.17, 15) is 0 Å². The summed E-state index contributed by atoms with van der Waals surface area (Å²) in [6, 6.07) is 49.4. The van der Waals surface area contributed by atoms with Gasteiger partial charge >= 0.3 is 0 Å². The van der Waals surface area contributed by atoms with Crippen LogP contribution in [0.25, 0.3) is 82.5 Å². The smallest absolute Gasteiger partial charge is 0.0541 e. The zero-order valence-electron chi connectivity index (χ0n) is 24.2. The molecule has 2 aromatic heterocycles. The third kappa shape index (κ3) is 3.20. The van der Waals surface area contributed by atoms with E-state index in [1.165, 1.54) is 87.7 Å². The van der Waals surface area contributed by atoms with Gasteiger partial charge in [0.25, 0.3) is 0 Å². The van der Waals surface area contributed by atoms with Crippen molar-refractivity contribution in [2.24, 2.45) is 0 Å². The highest BCUT2D eigenvalue weighted by atomic mass is 15.0. The Labute approximate surface area is 254 Å². The minimum Gasteiger partial charge on any atom is -0.309 e. The van der Waals surface area contributed by atoms with Gasteiger partial charge in [-0.05, 0) is 88.5 Å². The maximum absolute atomic E-state index is 2.48. The Balaban J connectivity index is 1.25. The summed E-state index contributed by atoms with van der Waals surface area (Å²) < 4.78 is 4.92. The molecule has 2 heteroatoms. The summed E-state index contributed by atoms with van der Waals surface area (Å²) in [6.45, 7) is 0. The molecule has 0 bridgehead atoms. The molecule has 0 spiro atoms. The second kappa shape index (κ2) is 8.95. The zero-order valence-corrected chi connectivity index (χ0v) is 24.2. The normalized spacial score (nSPS) is 13.2. The first-order valence-electron chi connectivity index (χ1n) is 15.5. The number of benzene rings is 7. The Kier molecular flexibility index (Phi) is 4.86. The standard InChI is InChI=1S/C42H28N2/c1-5-17-37-30(12-1)31-13-2-6-18-38(31)43(37)41-22-10-16-29-34(41)24-23-28-26-36-27(25-35(28)29)11-9-21-42(36)44-39-19-7-3-14-32(39)33-15-4-8-20-40(33)44/h1-3,5-14,16-26H,4,15H2. The average Bonchev–Trinajstić information content (AvgIpc) is 3.60. The number of allylic oxidation sites excluding steroid dienone is 1. The Morgan fingerprint density at radius 3 is 1.77 bits per heavy atom. The number of aryl methyl sites for hydroxylation is 1. The van der Waals surface area contributed by atoms with Crippen LogP contribution in [0.2, 0.25) is 0 Å². The van der Waals surface area contributed by atoms with Gasteiger partial charge in [0.1, 0.15) is 0 Å². The number of aromatic nitrogens is 2. The lowest BCUT2D eigenvalue weighted by Crippen LogP contribution is -2.01. The quantitative estimate of drug-likeness (QED) is 0.147. The van der Waals surface area contributed by atoms with E-state index in [-0.39, 0.29) is 0 Å². The number of para-hydroxylation sites is 3. The van der Waals surface area contributed by atoms with Crippen molar-refractivity contribution in [1.82, 2.24) is 9.13 Å². The van der Waals surface area contributed by atoms with Crippen molar-refractivity contribution in [3.63, 3.8) is 0 Å². The highest BCUT2D eigenvalue weighted by Gasteiger charge is 2.20. The SMILES string of the molecule is C1=Cc2c(c3ccccc3n2-c2cccc3cc4c(ccc5c(-n6c7ccccc7c7ccccc76)cccc54)cc23)CC1. The molecule has 1 aliphatic carbocycles. The maximum atomic E-state index is 2.48. The number of nitrogens with zero attached hydrogens (tertiary/aromatic N) is 2. The molecule has 7 aromatic carbocycles. The molecule has 0 saturated heterocycles. The molecule has 0 aliphatic heterocycles. The van der Waals surface area contributed by atoms with E-state index in [0.29, 0.717) is 0 Å². The van der Waals surface area contributed by atoms with Crippen LogP contribution in [-0.4, -0.2) is 9.13 Å². The van der Waals surface area contributed by atoms with Crippen LogP contribution < -0.4 is 0 Å².